The second-order valence-corrected chi connectivity index (χ2v) is 7.52. The van der Waals surface area contributed by atoms with E-state index in [0.29, 0.717) is 38.4 Å². The Morgan fingerprint density at radius 3 is 2.78 bits per heavy atom. The summed E-state index contributed by atoms with van der Waals surface area (Å²) in [5.74, 6) is 2.78. The fraction of sp³-hybridized carbons (Fsp3) is 0.208. The molecule has 1 aliphatic rings. The summed E-state index contributed by atoms with van der Waals surface area (Å²) in [4.78, 5) is 31.3. The number of likely N-dealkylation sites (N-methyl/N-ethyl adjacent to an activating group) is 1. The molecule has 1 heterocycles. The van der Waals surface area contributed by atoms with Gasteiger partial charge in [-0.25, -0.2) is 9.79 Å². The lowest BCUT2D eigenvalue weighted by molar-refractivity contribution is -0.121. The summed E-state index contributed by atoms with van der Waals surface area (Å²) in [5, 5.41) is 0.483. The van der Waals surface area contributed by atoms with Crippen molar-refractivity contribution in [2.24, 2.45) is 4.99 Å². The van der Waals surface area contributed by atoms with Gasteiger partial charge in [-0.3, -0.25) is 9.69 Å². The Labute approximate surface area is 191 Å². The van der Waals surface area contributed by atoms with E-state index in [1.807, 2.05) is 6.07 Å². The van der Waals surface area contributed by atoms with Crippen LogP contribution in [0, 0.1) is 12.3 Å². The minimum Gasteiger partial charge on any atom is -0.493 e. The highest BCUT2D eigenvalue weighted by molar-refractivity contribution is 8.18. The molecule has 8 heteroatoms. The number of para-hydroxylation sites is 1. The SMILES string of the molecule is C#CCOc1c(C=C2SC(=Nc3cccc(C(=O)OCC)c3)N(C)C2=O)cccc1OC. The Bertz CT molecular complexity index is 1130. The van der Waals surface area contributed by atoms with Crippen molar-refractivity contribution in [1.82, 2.24) is 4.90 Å². The van der Waals surface area contributed by atoms with Gasteiger partial charge in [0.25, 0.3) is 5.91 Å². The zero-order valence-corrected chi connectivity index (χ0v) is 18.8. The number of methoxy groups -OCH3 is 1. The van der Waals surface area contributed by atoms with Crippen molar-refractivity contribution in [3.05, 3.63) is 58.5 Å². The lowest BCUT2D eigenvalue weighted by Crippen LogP contribution is -2.23. The van der Waals surface area contributed by atoms with E-state index in [0.717, 1.165) is 0 Å². The highest BCUT2D eigenvalue weighted by Gasteiger charge is 2.31. The molecule has 0 radical (unpaired) electrons. The van der Waals surface area contributed by atoms with Gasteiger partial charge in [0.05, 0.1) is 29.9 Å². The molecule has 0 saturated carbocycles. The number of carbonyl (C=O) groups excluding carboxylic acids is 2. The largest absolute Gasteiger partial charge is 0.493 e. The predicted octanol–water partition coefficient (Wildman–Crippen LogP) is 4.12. The van der Waals surface area contributed by atoms with Gasteiger partial charge in [0.15, 0.2) is 16.7 Å². The number of benzene rings is 2. The number of thioether (sulfide) groups is 1. The van der Waals surface area contributed by atoms with Crippen LogP contribution in [-0.4, -0.2) is 49.3 Å². The molecule has 2 aromatic carbocycles. The van der Waals surface area contributed by atoms with Crippen LogP contribution in [-0.2, 0) is 9.53 Å². The molecule has 32 heavy (non-hydrogen) atoms. The van der Waals surface area contributed by atoms with Crippen molar-refractivity contribution in [1.29, 1.82) is 0 Å². The first-order valence-corrected chi connectivity index (χ1v) is 10.6. The number of aliphatic imine (C=N–C) groups is 1. The van der Waals surface area contributed by atoms with Gasteiger partial charge < -0.3 is 14.2 Å². The van der Waals surface area contributed by atoms with Gasteiger partial charge in [-0.2, -0.15) is 0 Å². The molecule has 0 unspecified atom stereocenters. The first-order chi connectivity index (χ1) is 15.5. The van der Waals surface area contributed by atoms with Gasteiger partial charge >= 0.3 is 5.97 Å². The Kier molecular flexibility index (Phi) is 7.58. The Morgan fingerprint density at radius 1 is 1.28 bits per heavy atom. The average molecular weight is 451 g/mol. The van der Waals surface area contributed by atoms with Gasteiger partial charge in [-0.05, 0) is 49.0 Å². The van der Waals surface area contributed by atoms with E-state index in [4.69, 9.17) is 20.6 Å². The molecule has 0 N–H and O–H groups in total. The summed E-state index contributed by atoms with van der Waals surface area (Å²) < 4.78 is 16.0. The van der Waals surface area contributed by atoms with E-state index in [-0.39, 0.29) is 19.1 Å². The number of terminal acetylenes is 1. The van der Waals surface area contributed by atoms with E-state index in [1.165, 1.54) is 23.8 Å². The maximum Gasteiger partial charge on any atom is 0.338 e. The van der Waals surface area contributed by atoms with E-state index < -0.39 is 5.97 Å². The number of hydrogen-bond acceptors (Lipinski definition) is 7. The van der Waals surface area contributed by atoms with Crippen molar-refractivity contribution in [2.75, 3.05) is 27.4 Å². The van der Waals surface area contributed by atoms with Crippen LogP contribution in [0.4, 0.5) is 5.69 Å². The van der Waals surface area contributed by atoms with Crippen LogP contribution in [0.1, 0.15) is 22.8 Å². The van der Waals surface area contributed by atoms with Crippen molar-refractivity contribution < 1.29 is 23.8 Å². The number of hydrogen-bond donors (Lipinski definition) is 0. The van der Waals surface area contributed by atoms with Crippen molar-refractivity contribution in [3.8, 4) is 23.8 Å². The van der Waals surface area contributed by atoms with E-state index in [1.54, 1.807) is 56.4 Å². The first-order valence-electron chi connectivity index (χ1n) is 9.75. The first kappa shape index (κ1) is 23.0. The molecule has 164 valence electrons. The molecule has 7 nitrogen and oxygen atoms in total. The van der Waals surface area contributed by atoms with Crippen LogP contribution in [0.5, 0.6) is 11.5 Å². The standard InChI is InChI=1S/C24H22N2O5S/c1-5-13-31-21-16(9-8-12-19(21)29-4)15-20-22(27)26(3)24(32-20)25-18-11-7-10-17(14-18)23(28)30-6-2/h1,7-12,14-15H,6,13H2,2-4H3. The molecule has 0 aliphatic carbocycles. The summed E-state index contributed by atoms with van der Waals surface area (Å²) in [6, 6.07) is 12.1. The number of carbonyl (C=O) groups is 2. The Hall–Kier alpha value is -3.70. The molecule has 0 bridgehead atoms. The van der Waals surface area contributed by atoms with Crippen LogP contribution in [0.2, 0.25) is 0 Å². The second-order valence-electron chi connectivity index (χ2n) is 6.51. The summed E-state index contributed by atoms with van der Waals surface area (Å²) >= 11 is 1.22. The normalized spacial score (nSPS) is 15.7. The maximum atomic E-state index is 12.8. The number of esters is 1. The lowest BCUT2D eigenvalue weighted by Gasteiger charge is -2.11. The molecule has 1 aliphatic heterocycles. The summed E-state index contributed by atoms with van der Waals surface area (Å²) in [5.41, 5.74) is 1.60. The van der Waals surface area contributed by atoms with Gasteiger partial charge in [-0.15, -0.1) is 6.42 Å². The topological polar surface area (TPSA) is 77.4 Å². The van der Waals surface area contributed by atoms with Crippen molar-refractivity contribution >= 4 is 40.6 Å². The van der Waals surface area contributed by atoms with E-state index in [2.05, 4.69) is 10.9 Å². The van der Waals surface area contributed by atoms with Crippen LogP contribution in [0.15, 0.2) is 52.4 Å². The molecule has 1 amide bonds. The molecule has 0 atom stereocenters. The third-order valence-electron chi connectivity index (χ3n) is 4.40. The maximum absolute atomic E-state index is 12.8. The van der Waals surface area contributed by atoms with Crippen LogP contribution < -0.4 is 9.47 Å². The number of amides is 1. The molecule has 0 aromatic heterocycles. The zero-order valence-electron chi connectivity index (χ0n) is 18.0. The average Bonchev–Trinajstić information content (AvgIpc) is 3.06. The quantitative estimate of drug-likeness (QED) is 0.359. The minimum atomic E-state index is -0.420. The minimum absolute atomic E-state index is 0.0705. The number of rotatable bonds is 7. The second kappa shape index (κ2) is 10.6. The number of amidine groups is 1. The summed E-state index contributed by atoms with van der Waals surface area (Å²) in [6.45, 7) is 2.11. The van der Waals surface area contributed by atoms with E-state index >= 15 is 0 Å². The van der Waals surface area contributed by atoms with Crippen LogP contribution in [0.3, 0.4) is 0 Å². The third-order valence-corrected chi connectivity index (χ3v) is 5.46. The van der Waals surface area contributed by atoms with Crippen LogP contribution in [0.25, 0.3) is 6.08 Å². The molecule has 3 rings (SSSR count). The van der Waals surface area contributed by atoms with Gasteiger partial charge in [0, 0.05) is 12.6 Å². The summed E-state index contributed by atoms with van der Waals surface area (Å²) in [6.07, 6.45) is 7.04. The van der Waals surface area contributed by atoms with E-state index in [9.17, 15) is 9.59 Å². The molecular weight excluding hydrogens is 428 g/mol. The summed E-state index contributed by atoms with van der Waals surface area (Å²) in [7, 11) is 3.18. The Morgan fingerprint density at radius 2 is 2.06 bits per heavy atom. The van der Waals surface area contributed by atoms with Gasteiger partial charge in [0.1, 0.15) is 6.61 Å². The van der Waals surface area contributed by atoms with Gasteiger partial charge in [0.2, 0.25) is 0 Å². The smallest absolute Gasteiger partial charge is 0.338 e. The lowest BCUT2D eigenvalue weighted by atomic mass is 10.1. The van der Waals surface area contributed by atoms with Crippen LogP contribution >= 0.6 is 11.8 Å². The fourth-order valence-electron chi connectivity index (χ4n) is 2.90. The molecule has 1 saturated heterocycles. The third kappa shape index (κ3) is 5.13. The molecule has 2 aromatic rings. The highest BCUT2D eigenvalue weighted by Crippen LogP contribution is 2.37. The van der Waals surface area contributed by atoms with Crippen molar-refractivity contribution in [2.45, 2.75) is 6.92 Å². The predicted molar refractivity (Wildman–Crippen MR) is 125 cm³/mol. The Balaban J connectivity index is 1.92. The van der Waals surface area contributed by atoms with Gasteiger partial charge in [-0.1, -0.05) is 24.1 Å². The zero-order chi connectivity index (χ0) is 23.1. The number of ether oxygens (including phenoxy) is 3. The van der Waals surface area contributed by atoms with Crippen molar-refractivity contribution in [3.63, 3.8) is 0 Å². The molecule has 0 spiro atoms. The molecular formula is C24H22N2O5S. The number of nitrogens with zero attached hydrogens (tertiary/aromatic N) is 2. The molecule has 1 fully saturated rings. The highest BCUT2D eigenvalue weighted by atomic mass is 32.2. The monoisotopic (exact) mass is 450 g/mol. The fourth-order valence-corrected chi connectivity index (χ4v) is 3.87.